The summed E-state index contributed by atoms with van der Waals surface area (Å²) in [5, 5.41) is 0. The van der Waals surface area contributed by atoms with Gasteiger partial charge in [0.15, 0.2) is 11.5 Å². The third kappa shape index (κ3) is 3.63. The number of alkyl halides is 3. The third-order valence-corrected chi connectivity index (χ3v) is 3.06. The maximum atomic E-state index is 12.5. The SMILES string of the molecule is COc1ccc(-c2cc(C)ccc2OC(F)(F)F)cc1OC. The zero-order chi connectivity index (χ0) is 16.3. The lowest BCUT2D eigenvalue weighted by molar-refractivity contribution is -0.274. The highest BCUT2D eigenvalue weighted by Gasteiger charge is 2.32. The minimum absolute atomic E-state index is 0.259. The second-order valence-corrected chi connectivity index (χ2v) is 4.62. The maximum absolute atomic E-state index is 12.5. The van der Waals surface area contributed by atoms with Gasteiger partial charge in [-0.2, -0.15) is 0 Å². The Morgan fingerprint density at radius 1 is 0.818 bits per heavy atom. The van der Waals surface area contributed by atoms with Crippen LogP contribution < -0.4 is 14.2 Å². The number of rotatable bonds is 4. The van der Waals surface area contributed by atoms with Gasteiger partial charge < -0.3 is 14.2 Å². The summed E-state index contributed by atoms with van der Waals surface area (Å²) >= 11 is 0. The molecule has 0 bridgehead atoms. The average Bonchev–Trinajstić information content (AvgIpc) is 2.47. The molecule has 118 valence electrons. The molecule has 0 radical (unpaired) electrons. The van der Waals surface area contributed by atoms with E-state index in [1.807, 2.05) is 0 Å². The molecule has 0 saturated carbocycles. The summed E-state index contributed by atoms with van der Waals surface area (Å²) in [6.45, 7) is 1.79. The zero-order valence-corrected chi connectivity index (χ0v) is 12.3. The van der Waals surface area contributed by atoms with Crippen LogP contribution in [0.15, 0.2) is 36.4 Å². The van der Waals surface area contributed by atoms with Crippen molar-refractivity contribution in [2.24, 2.45) is 0 Å². The molecule has 0 aliphatic rings. The van der Waals surface area contributed by atoms with Crippen LogP contribution in [0.2, 0.25) is 0 Å². The lowest BCUT2D eigenvalue weighted by atomic mass is 10.0. The van der Waals surface area contributed by atoms with Gasteiger partial charge in [-0.15, -0.1) is 13.2 Å². The van der Waals surface area contributed by atoms with Crippen LogP contribution in [0.1, 0.15) is 5.56 Å². The summed E-state index contributed by atoms with van der Waals surface area (Å²) < 4.78 is 52.0. The number of hydrogen-bond acceptors (Lipinski definition) is 3. The van der Waals surface area contributed by atoms with Crippen LogP contribution in [0.5, 0.6) is 17.2 Å². The molecule has 0 atom stereocenters. The maximum Gasteiger partial charge on any atom is 0.573 e. The molecule has 2 aromatic carbocycles. The minimum atomic E-state index is -4.75. The van der Waals surface area contributed by atoms with Crippen LogP contribution in [-0.4, -0.2) is 20.6 Å². The summed E-state index contributed by atoms with van der Waals surface area (Å²) in [4.78, 5) is 0. The van der Waals surface area contributed by atoms with Crippen molar-refractivity contribution in [2.75, 3.05) is 14.2 Å². The average molecular weight is 312 g/mol. The highest BCUT2D eigenvalue weighted by Crippen LogP contribution is 2.38. The number of benzene rings is 2. The summed E-state index contributed by atoms with van der Waals surface area (Å²) in [5.41, 5.74) is 1.69. The van der Waals surface area contributed by atoms with Gasteiger partial charge in [0.05, 0.1) is 14.2 Å². The van der Waals surface area contributed by atoms with E-state index >= 15 is 0 Å². The molecule has 3 nitrogen and oxygen atoms in total. The molecule has 22 heavy (non-hydrogen) atoms. The Balaban J connectivity index is 2.53. The molecule has 2 aromatic rings. The molecule has 2 rings (SSSR count). The first-order chi connectivity index (χ1) is 10.3. The fraction of sp³-hybridized carbons (Fsp3) is 0.250. The summed E-state index contributed by atoms with van der Waals surface area (Å²) in [6, 6.07) is 9.38. The topological polar surface area (TPSA) is 27.7 Å². The molecule has 0 aliphatic heterocycles. The Kier molecular flexibility index (Phi) is 4.49. The van der Waals surface area contributed by atoms with E-state index < -0.39 is 6.36 Å². The molecular formula is C16H15F3O3. The Hall–Kier alpha value is -2.37. The Morgan fingerprint density at radius 2 is 1.45 bits per heavy atom. The van der Waals surface area contributed by atoms with Crippen molar-refractivity contribution in [1.29, 1.82) is 0 Å². The monoisotopic (exact) mass is 312 g/mol. The second kappa shape index (κ2) is 6.17. The molecule has 0 saturated heterocycles. The summed E-state index contributed by atoms with van der Waals surface area (Å²) in [7, 11) is 2.95. The van der Waals surface area contributed by atoms with Gasteiger partial charge in [0.25, 0.3) is 0 Å². The van der Waals surface area contributed by atoms with Gasteiger partial charge in [0.2, 0.25) is 0 Å². The number of hydrogen-bond donors (Lipinski definition) is 0. The molecule has 0 amide bonds. The van der Waals surface area contributed by atoms with E-state index in [1.165, 1.54) is 20.3 Å². The zero-order valence-electron chi connectivity index (χ0n) is 12.3. The fourth-order valence-electron chi connectivity index (χ4n) is 2.09. The molecular weight excluding hydrogens is 297 g/mol. The standard InChI is InChI=1S/C16H15F3O3/c1-10-4-6-13(22-16(17,18)19)12(8-10)11-5-7-14(20-2)15(9-11)21-3/h4-9H,1-3H3. The summed E-state index contributed by atoms with van der Waals surface area (Å²) in [5.74, 6) is 0.668. The number of aryl methyl sites for hydroxylation is 1. The van der Waals surface area contributed by atoms with Gasteiger partial charge >= 0.3 is 6.36 Å². The van der Waals surface area contributed by atoms with Crippen molar-refractivity contribution >= 4 is 0 Å². The van der Waals surface area contributed by atoms with Crippen LogP contribution in [-0.2, 0) is 0 Å². The van der Waals surface area contributed by atoms with Gasteiger partial charge in [-0.05, 0) is 36.8 Å². The van der Waals surface area contributed by atoms with Crippen molar-refractivity contribution in [1.82, 2.24) is 0 Å². The Morgan fingerprint density at radius 3 is 2.05 bits per heavy atom. The molecule has 6 heteroatoms. The van der Waals surface area contributed by atoms with Gasteiger partial charge in [-0.25, -0.2) is 0 Å². The van der Waals surface area contributed by atoms with Crippen molar-refractivity contribution in [3.8, 4) is 28.4 Å². The molecule has 0 aromatic heterocycles. The third-order valence-electron chi connectivity index (χ3n) is 3.06. The van der Waals surface area contributed by atoms with Crippen LogP contribution in [0.4, 0.5) is 13.2 Å². The molecule has 0 N–H and O–H groups in total. The summed E-state index contributed by atoms with van der Waals surface area (Å²) in [6.07, 6.45) is -4.75. The largest absolute Gasteiger partial charge is 0.573 e. The van der Waals surface area contributed by atoms with Gasteiger partial charge in [0, 0.05) is 5.56 Å². The van der Waals surface area contributed by atoms with Crippen LogP contribution in [0.3, 0.4) is 0 Å². The van der Waals surface area contributed by atoms with E-state index in [2.05, 4.69) is 4.74 Å². The predicted octanol–water partition coefficient (Wildman–Crippen LogP) is 4.58. The normalized spacial score (nSPS) is 11.2. The van der Waals surface area contributed by atoms with Crippen LogP contribution in [0, 0.1) is 6.92 Å². The van der Waals surface area contributed by atoms with Crippen molar-refractivity contribution < 1.29 is 27.4 Å². The first kappa shape index (κ1) is 16.0. The smallest absolute Gasteiger partial charge is 0.493 e. The van der Waals surface area contributed by atoms with Gasteiger partial charge in [-0.3, -0.25) is 0 Å². The lowest BCUT2D eigenvalue weighted by Gasteiger charge is -2.15. The highest BCUT2D eigenvalue weighted by atomic mass is 19.4. The molecule has 0 heterocycles. The van der Waals surface area contributed by atoms with E-state index in [1.54, 1.807) is 37.3 Å². The van der Waals surface area contributed by atoms with E-state index in [-0.39, 0.29) is 5.75 Å². The molecule has 0 fully saturated rings. The highest BCUT2D eigenvalue weighted by molar-refractivity contribution is 5.73. The second-order valence-electron chi connectivity index (χ2n) is 4.62. The van der Waals surface area contributed by atoms with Crippen molar-refractivity contribution in [3.63, 3.8) is 0 Å². The van der Waals surface area contributed by atoms with E-state index in [0.717, 1.165) is 5.56 Å². The predicted molar refractivity (Wildman–Crippen MR) is 76.4 cm³/mol. The lowest BCUT2D eigenvalue weighted by Crippen LogP contribution is -2.17. The number of ether oxygens (including phenoxy) is 3. The van der Waals surface area contributed by atoms with Gasteiger partial charge in [0.1, 0.15) is 5.75 Å². The molecule has 0 unspecified atom stereocenters. The van der Waals surface area contributed by atoms with E-state index in [0.29, 0.717) is 22.6 Å². The first-order valence-electron chi connectivity index (χ1n) is 6.43. The number of methoxy groups -OCH3 is 2. The van der Waals surface area contributed by atoms with Crippen LogP contribution >= 0.6 is 0 Å². The molecule has 0 spiro atoms. The quantitative estimate of drug-likeness (QED) is 0.827. The Labute approximate surface area is 126 Å². The van der Waals surface area contributed by atoms with E-state index in [9.17, 15) is 13.2 Å². The Bertz CT molecular complexity index is 666. The first-order valence-corrected chi connectivity index (χ1v) is 6.43. The van der Waals surface area contributed by atoms with Gasteiger partial charge in [-0.1, -0.05) is 17.7 Å². The van der Waals surface area contributed by atoms with E-state index in [4.69, 9.17) is 9.47 Å². The minimum Gasteiger partial charge on any atom is -0.493 e. The van der Waals surface area contributed by atoms with Crippen LogP contribution in [0.25, 0.3) is 11.1 Å². The fourth-order valence-corrected chi connectivity index (χ4v) is 2.09. The molecule has 0 aliphatic carbocycles. The van der Waals surface area contributed by atoms with Crippen molar-refractivity contribution in [3.05, 3.63) is 42.0 Å². The van der Waals surface area contributed by atoms with Crippen molar-refractivity contribution in [2.45, 2.75) is 13.3 Å². The number of halogens is 3.